The van der Waals surface area contributed by atoms with Crippen molar-refractivity contribution in [3.8, 4) is 6.07 Å². The van der Waals surface area contributed by atoms with Crippen LogP contribution in [-0.2, 0) is 4.79 Å². The molecule has 0 aromatic rings. The van der Waals surface area contributed by atoms with E-state index in [-0.39, 0.29) is 11.9 Å². The molecule has 1 saturated heterocycles. The lowest BCUT2D eigenvalue weighted by atomic mass is 10.2. The number of hydrogen-bond acceptors (Lipinski definition) is 4. The first-order valence-corrected chi connectivity index (χ1v) is 6.18. The number of rotatable bonds is 4. The molecular weight excluding hydrogens is 216 g/mol. The standard InChI is InChI=1S/C12H22N4O/c1-4-15-7-9-16(10-8-15)12(17)11(2)14(3)6-5-13/h11H,4,6-10H2,1-3H3. The summed E-state index contributed by atoms with van der Waals surface area (Å²) in [5, 5.41) is 8.62. The van der Waals surface area contributed by atoms with Gasteiger partial charge in [0.1, 0.15) is 0 Å². The SMILES string of the molecule is CCN1CCN(C(=O)C(C)N(C)CC#N)CC1. The third kappa shape index (κ3) is 3.69. The molecule has 1 atom stereocenters. The summed E-state index contributed by atoms with van der Waals surface area (Å²) in [4.78, 5) is 18.2. The van der Waals surface area contributed by atoms with Crippen LogP contribution in [0.2, 0.25) is 0 Å². The second-order valence-corrected chi connectivity index (χ2v) is 4.51. The molecule has 0 radical (unpaired) electrons. The van der Waals surface area contributed by atoms with Gasteiger partial charge in [-0.25, -0.2) is 0 Å². The van der Waals surface area contributed by atoms with E-state index in [1.165, 1.54) is 0 Å². The van der Waals surface area contributed by atoms with Crippen LogP contribution in [0.5, 0.6) is 0 Å². The van der Waals surface area contributed by atoms with E-state index in [0.29, 0.717) is 6.54 Å². The van der Waals surface area contributed by atoms with Gasteiger partial charge in [0.15, 0.2) is 0 Å². The Morgan fingerprint density at radius 1 is 1.41 bits per heavy atom. The Morgan fingerprint density at radius 2 is 2.00 bits per heavy atom. The number of nitrogens with zero attached hydrogens (tertiary/aromatic N) is 4. The Hall–Kier alpha value is -1.12. The van der Waals surface area contributed by atoms with Gasteiger partial charge in [0, 0.05) is 26.2 Å². The third-order valence-corrected chi connectivity index (χ3v) is 3.47. The van der Waals surface area contributed by atoms with Crippen LogP contribution in [0.25, 0.3) is 0 Å². The first-order chi connectivity index (χ1) is 8.10. The van der Waals surface area contributed by atoms with Crippen molar-refractivity contribution >= 4 is 5.91 Å². The van der Waals surface area contributed by atoms with E-state index >= 15 is 0 Å². The van der Waals surface area contributed by atoms with E-state index in [2.05, 4.69) is 17.9 Å². The third-order valence-electron chi connectivity index (χ3n) is 3.47. The number of carbonyl (C=O) groups excluding carboxylic acids is 1. The van der Waals surface area contributed by atoms with Crippen molar-refractivity contribution in [2.24, 2.45) is 0 Å². The summed E-state index contributed by atoms with van der Waals surface area (Å²) in [7, 11) is 1.81. The van der Waals surface area contributed by atoms with E-state index in [1.807, 2.05) is 18.9 Å². The van der Waals surface area contributed by atoms with Gasteiger partial charge in [-0.1, -0.05) is 6.92 Å². The number of amides is 1. The molecule has 0 spiro atoms. The maximum Gasteiger partial charge on any atom is 0.239 e. The monoisotopic (exact) mass is 238 g/mol. The summed E-state index contributed by atoms with van der Waals surface area (Å²) in [6.45, 7) is 8.86. The average Bonchev–Trinajstić information content (AvgIpc) is 2.37. The van der Waals surface area contributed by atoms with Crippen molar-refractivity contribution in [1.82, 2.24) is 14.7 Å². The van der Waals surface area contributed by atoms with Gasteiger partial charge in [0.25, 0.3) is 0 Å². The van der Waals surface area contributed by atoms with E-state index in [4.69, 9.17) is 5.26 Å². The predicted molar refractivity (Wildman–Crippen MR) is 66.4 cm³/mol. The maximum absolute atomic E-state index is 12.2. The second kappa shape index (κ2) is 6.58. The molecule has 17 heavy (non-hydrogen) atoms. The zero-order chi connectivity index (χ0) is 12.8. The molecule has 1 heterocycles. The van der Waals surface area contributed by atoms with Crippen LogP contribution in [-0.4, -0.2) is 73.0 Å². The highest BCUT2D eigenvalue weighted by atomic mass is 16.2. The summed E-state index contributed by atoms with van der Waals surface area (Å²) in [5.74, 6) is 0.138. The van der Waals surface area contributed by atoms with Crippen molar-refractivity contribution in [3.63, 3.8) is 0 Å². The van der Waals surface area contributed by atoms with Gasteiger partial charge in [0.05, 0.1) is 18.7 Å². The number of piperazine rings is 1. The molecule has 0 saturated carbocycles. The van der Waals surface area contributed by atoms with Gasteiger partial charge >= 0.3 is 0 Å². The van der Waals surface area contributed by atoms with Crippen molar-refractivity contribution in [3.05, 3.63) is 0 Å². The van der Waals surface area contributed by atoms with Gasteiger partial charge in [-0.3, -0.25) is 9.69 Å². The van der Waals surface area contributed by atoms with Crippen LogP contribution in [0, 0.1) is 11.3 Å². The molecule has 5 nitrogen and oxygen atoms in total. The van der Waals surface area contributed by atoms with Crippen LogP contribution in [0.3, 0.4) is 0 Å². The minimum atomic E-state index is -0.206. The molecule has 1 aliphatic heterocycles. The van der Waals surface area contributed by atoms with Gasteiger partial charge in [-0.2, -0.15) is 5.26 Å². The molecule has 96 valence electrons. The minimum Gasteiger partial charge on any atom is -0.339 e. The number of nitriles is 1. The maximum atomic E-state index is 12.2. The lowest BCUT2D eigenvalue weighted by Crippen LogP contribution is -2.53. The zero-order valence-electron chi connectivity index (χ0n) is 11.0. The molecule has 1 amide bonds. The fourth-order valence-corrected chi connectivity index (χ4v) is 1.99. The average molecular weight is 238 g/mol. The fourth-order valence-electron chi connectivity index (χ4n) is 1.99. The topological polar surface area (TPSA) is 50.6 Å². The molecular formula is C12H22N4O. The highest BCUT2D eigenvalue weighted by Crippen LogP contribution is 2.06. The Bertz CT molecular complexity index is 291. The molecule has 1 rings (SSSR count). The van der Waals surface area contributed by atoms with E-state index in [1.54, 1.807) is 4.90 Å². The Labute approximate surface area is 104 Å². The lowest BCUT2D eigenvalue weighted by molar-refractivity contribution is -0.137. The summed E-state index contributed by atoms with van der Waals surface area (Å²) in [5.41, 5.74) is 0. The first kappa shape index (κ1) is 13.9. The molecule has 0 aliphatic carbocycles. The van der Waals surface area contributed by atoms with Crippen molar-refractivity contribution in [2.45, 2.75) is 19.9 Å². The Balaban J connectivity index is 2.46. The van der Waals surface area contributed by atoms with Crippen molar-refractivity contribution < 1.29 is 4.79 Å². The zero-order valence-corrected chi connectivity index (χ0v) is 11.0. The van der Waals surface area contributed by atoms with Crippen LogP contribution >= 0.6 is 0 Å². The molecule has 5 heteroatoms. The quantitative estimate of drug-likeness (QED) is 0.647. The van der Waals surface area contributed by atoms with E-state index in [9.17, 15) is 4.79 Å². The normalized spacial score (nSPS) is 19.1. The van der Waals surface area contributed by atoms with Crippen molar-refractivity contribution in [1.29, 1.82) is 5.26 Å². The highest BCUT2D eigenvalue weighted by Gasteiger charge is 2.26. The second-order valence-electron chi connectivity index (χ2n) is 4.51. The Morgan fingerprint density at radius 3 is 2.47 bits per heavy atom. The summed E-state index contributed by atoms with van der Waals surface area (Å²) in [6.07, 6.45) is 0. The molecule has 1 fully saturated rings. The largest absolute Gasteiger partial charge is 0.339 e. The molecule has 0 aromatic carbocycles. The van der Waals surface area contributed by atoms with Gasteiger partial charge in [0.2, 0.25) is 5.91 Å². The number of carbonyl (C=O) groups is 1. The van der Waals surface area contributed by atoms with Crippen LogP contribution < -0.4 is 0 Å². The summed E-state index contributed by atoms with van der Waals surface area (Å²) in [6, 6.07) is 1.86. The molecule has 1 unspecified atom stereocenters. The number of likely N-dealkylation sites (N-methyl/N-ethyl adjacent to an activating group) is 2. The van der Waals surface area contributed by atoms with E-state index < -0.39 is 0 Å². The Kier molecular flexibility index (Phi) is 5.39. The predicted octanol–water partition coefficient (Wildman–Crippen LogP) is -0.00562. The smallest absolute Gasteiger partial charge is 0.239 e. The summed E-state index contributed by atoms with van der Waals surface area (Å²) < 4.78 is 0. The molecule has 0 N–H and O–H groups in total. The van der Waals surface area contributed by atoms with Crippen LogP contribution in [0.15, 0.2) is 0 Å². The molecule has 0 aromatic heterocycles. The van der Waals surface area contributed by atoms with E-state index in [0.717, 1.165) is 32.7 Å². The molecule has 0 bridgehead atoms. The van der Waals surface area contributed by atoms with Crippen molar-refractivity contribution in [2.75, 3.05) is 46.3 Å². The van der Waals surface area contributed by atoms with Crippen LogP contribution in [0.1, 0.15) is 13.8 Å². The van der Waals surface area contributed by atoms with Gasteiger partial charge < -0.3 is 9.80 Å². The van der Waals surface area contributed by atoms with Crippen LogP contribution in [0.4, 0.5) is 0 Å². The summed E-state index contributed by atoms with van der Waals surface area (Å²) >= 11 is 0. The van der Waals surface area contributed by atoms with Gasteiger partial charge in [-0.05, 0) is 20.5 Å². The lowest BCUT2D eigenvalue weighted by Gasteiger charge is -2.36. The highest BCUT2D eigenvalue weighted by molar-refractivity contribution is 5.81. The fraction of sp³-hybridized carbons (Fsp3) is 0.833. The van der Waals surface area contributed by atoms with Gasteiger partial charge in [-0.15, -0.1) is 0 Å². The number of hydrogen-bond donors (Lipinski definition) is 0. The minimum absolute atomic E-state index is 0.138. The first-order valence-electron chi connectivity index (χ1n) is 6.18. The molecule has 1 aliphatic rings.